The molecule has 98 valence electrons. The Morgan fingerprint density at radius 2 is 1.94 bits per heavy atom. The first-order chi connectivity index (χ1) is 8.63. The fraction of sp³-hybridized carbons (Fsp3) is 0.615. The zero-order valence-corrected chi connectivity index (χ0v) is 11.7. The summed E-state index contributed by atoms with van der Waals surface area (Å²) in [4.78, 5) is 6.66. The number of nitrogens with zero attached hydrogens (tertiary/aromatic N) is 2. The summed E-state index contributed by atoms with van der Waals surface area (Å²) in [5.74, 6) is 0. The fourth-order valence-electron chi connectivity index (χ4n) is 3.32. The summed E-state index contributed by atoms with van der Waals surface area (Å²) in [6.45, 7) is 0.866. The highest BCUT2D eigenvalue weighted by Gasteiger charge is 2.39. The van der Waals surface area contributed by atoms with E-state index in [1.54, 1.807) is 12.3 Å². The molecule has 2 unspecified atom stereocenters. The van der Waals surface area contributed by atoms with Gasteiger partial charge >= 0.3 is 0 Å². The summed E-state index contributed by atoms with van der Waals surface area (Å²) in [5.41, 5.74) is 7.14. The molecule has 0 aromatic carbocycles. The van der Waals surface area contributed by atoms with Gasteiger partial charge in [-0.1, -0.05) is 23.2 Å². The van der Waals surface area contributed by atoms with Crippen LogP contribution < -0.4 is 5.73 Å². The van der Waals surface area contributed by atoms with Gasteiger partial charge in [0.25, 0.3) is 0 Å². The van der Waals surface area contributed by atoms with Crippen molar-refractivity contribution in [2.24, 2.45) is 5.73 Å². The molecule has 2 N–H and O–H groups in total. The summed E-state index contributed by atoms with van der Waals surface area (Å²) < 4.78 is 0. The van der Waals surface area contributed by atoms with Gasteiger partial charge in [0.1, 0.15) is 5.15 Å². The zero-order valence-electron chi connectivity index (χ0n) is 10.1. The van der Waals surface area contributed by atoms with Gasteiger partial charge in [-0.2, -0.15) is 0 Å². The quantitative estimate of drug-likeness (QED) is 0.850. The number of fused-ring (bicyclic) bond motifs is 2. The number of halogens is 2. The van der Waals surface area contributed by atoms with Crippen molar-refractivity contribution in [2.75, 3.05) is 0 Å². The van der Waals surface area contributed by atoms with Crippen LogP contribution in [0, 0.1) is 0 Å². The van der Waals surface area contributed by atoms with Gasteiger partial charge in [-0.25, -0.2) is 4.98 Å². The average Bonchev–Trinajstić information content (AvgIpc) is 2.56. The number of nitrogens with two attached hydrogens (primary N) is 1. The van der Waals surface area contributed by atoms with E-state index in [2.05, 4.69) is 9.88 Å². The van der Waals surface area contributed by atoms with Crippen molar-refractivity contribution in [1.82, 2.24) is 9.88 Å². The molecule has 0 radical (unpaired) electrons. The molecule has 3 rings (SSSR count). The summed E-state index contributed by atoms with van der Waals surface area (Å²) in [6.07, 6.45) is 6.52. The van der Waals surface area contributed by atoms with Crippen molar-refractivity contribution in [3.8, 4) is 0 Å². The van der Waals surface area contributed by atoms with Gasteiger partial charge in [0.05, 0.1) is 0 Å². The minimum atomic E-state index is 0.373. The molecule has 2 saturated heterocycles. The number of aromatic nitrogens is 1. The molecule has 5 heteroatoms. The van der Waals surface area contributed by atoms with Crippen molar-refractivity contribution >= 4 is 23.2 Å². The SMILES string of the molecule is NC1CC2CCC(C1)N2Cc1cnc(Cl)cc1Cl. The minimum Gasteiger partial charge on any atom is -0.328 e. The van der Waals surface area contributed by atoms with Crippen LogP contribution >= 0.6 is 23.2 Å². The Morgan fingerprint density at radius 1 is 1.28 bits per heavy atom. The van der Waals surface area contributed by atoms with E-state index in [1.165, 1.54) is 12.8 Å². The van der Waals surface area contributed by atoms with E-state index in [1.807, 2.05) is 0 Å². The third-order valence-corrected chi connectivity index (χ3v) is 4.73. The van der Waals surface area contributed by atoms with E-state index in [0.717, 1.165) is 24.9 Å². The predicted octanol–water partition coefficient (Wildman–Crippen LogP) is 2.84. The van der Waals surface area contributed by atoms with Crippen LogP contribution in [0.1, 0.15) is 31.2 Å². The highest BCUT2D eigenvalue weighted by atomic mass is 35.5. The zero-order chi connectivity index (χ0) is 12.7. The predicted molar refractivity (Wildman–Crippen MR) is 73.8 cm³/mol. The molecule has 2 fully saturated rings. The largest absolute Gasteiger partial charge is 0.328 e. The Kier molecular flexibility index (Phi) is 3.50. The normalized spacial score (nSPS) is 31.8. The standard InChI is InChI=1S/C13H17Cl2N3/c14-12-5-13(15)17-6-8(12)7-18-10-1-2-11(18)4-9(16)3-10/h5-6,9-11H,1-4,7,16H2. The summed E-state index contributed by atoms with van der Waals surface area (Å²) in [7, 11) is 0. The Balaban J connectivity index is 1.77. The van der Waals surface area contributed by atoms with E-state index < -0.39 is 0 Å². The molecule has 2 atom stereocenters. The molecular formula is C13H17Cl2N3. The first-order valence-corrected chi connectivity index (χ1v) is 7.20. The van der Waals surface area contributed by atoms with Gasteiger partial charge in [-0.15, -0.1) is 0 Å². The molecular weight excluding hydrogens is 269 g/mol. The molecule has 1 aromatic rings. The maximum atomic E-state index is 6.22. The van der Waals surface area contributed by atoms with Gasteiger partial charge in [0.2, 0.25) is 0 Å². The number of hydrogen-bond donors (Lipinski definition) is 1. The highest BCUT2D eigenvalue weighted by molar-refractivity contribution is 6.34. The summed E-state index contributed by atoms with van der Waals surface area (Å²) in [5, 5.41) is 1.16. The van der Waals surface area contributed by atoms with Gasteiger partial charge in [0, 0.05) is 41.5 Å². The van der Waals surface area contributed by atoms with Gasteiger partial charge < -0.3 is 5.73 Å². The second kappa shape index (κ2) is 4.97. The summed E-state index contributed by atoms with van der Waals surface area (Å²) in [6, 6.07) is 3.32. The number of hydrogen-bond acceptors (Lipinski definition) is 3. The number of pyridine rings is 1. The Bertz CT molecular complexity index is 438. The third kappa shape index (κ3) is 2.37. The van der Waals surface area contributed by atoms with E-state index in [-0.39, 0.29) is 0 Å². The molecule has 3 nitrogen and oxygen atoms in total. The first-order valence-electron chi connectivity index (χ1n) is 6.44. The lowest BCUT2D eigenvalue weighted by atomic mass is 9.97. The van der Waals surface area contributed by atoms with Crippen LogP contribution in [-0.2, 0) is 6.54 Å². The van der Waals surface area contributed by atoms with Gasteiger partial charge in [0.15, 0.2) is 0 Å². The molecule has 0 amide bonds. The summed E-state index contributed by atoms with van der Waals surface area (Å²) >= 11 is 12.0. The number of rotatable bonds is 2. The van der Waals surface area contributed by atoms with Crippen molar-refractivity contribution in [3.63, 3.8) is 0 Å². The van der Waals surface area contributed by atoms with Crippen molar-refractivity contribution in [1.29, 1.82) is 0 Å². The Morgan fingerprint density at radius 3 is 2.56 bits per heavy atom. The monoisotopic (exact) mass is 285 g/mol. The lowest BCUT2D eigenvalue weighted by Crippen LogP contribution is -2.46. The first kappa shape index (κ1) is 12.7. The number of piperidine rings is 1. The minimum absolute atomic E-state index is 0.373. The van der Waals surface area contributed by atoms with E-state index in [4.69, 9.17) is 28.9 Å². The molecule has 2 aliphatic rings. The maximum absolute atomic E-state index is 6.22. The Labute approximate surface area is 117 Å². The molecule has 0 saturated carbocycles. The van der Waals surface area contributed by atoms with Crippen molar-refractivity contribution < 1.29 is 0 Å². The van der Waals surface area contributed by atoms with Gasteiger partial charge in [-0.3, -0.25) is 4.90 Å². The fourth-order valence-corrected chi connectivity index (χ4v) is 3.75. The topological polar surface area (TPSA) is 42.1 Å². The molecule has 18 heavy (non-hydrogen) atoms. The van der Waals surface area contributed by atoms with E-state index >= 15 is 0 Å². The molecule has 3 heterocycles. The van der Waals surface area contributed by atoms with Crippen LogP contribution in [0.5, 0.6) is 0 Å². The van der Waals surface area contributed by atoms with E-state index in [0.29, 0.717) is 28.3 Å². The molecule has 0 aliphatic carbocycles. The van der Waals surface area contributed by atoms with Crippen LogP contribution in [0.2, 0.25) is 10.2 Å². The van der Waals surface area contributed by atoms with Crippen molar-refractivity contribution in [3.05, 3.63) is 28.0 Å². The smallest absolute Gasteiger partial charge is 0.130 e. The average molecular weight is 286 g/mol. The molecule has 0 spiro atoms. The molecule has 2 aliphatic heterocycles. The van der Waals surface area contributed by atoms with Crippen LogP contribution in [-0.4, -0.2) is 28.0 Å². The molecule has 1 aromatic heterocycles. The second-order valence-electron chi connectivity index (χ2n) is 5.39. The van der Waals surface area contributed by atoms with Crippen LogP contribution in [0.4, 0.5) is 0 Å². The maximum Gasteiger partial charge on any atom is 0.130 e. The van der Waals surface area contributed by atoms with Crippen LogP contribution in [0.3, 0.4) is 0 Å². The highest BCUT2D eigenvalue weighted by Crippen LogP contribution is 2.36. The van der Waals surface area contributed by atoms with Crippen LogP contribution in [0.25, 0.3) is 0 Å². The van der Waals surface area contributed by atoms with Crippen molar-refractivity contribution in [2.45, 2.75) is 50.4 Å². The van der Waals surface area contributed by atoms with Gasteiger partial charge in [-0.05, 0) is 31.7 Å². The second-order valence-corrected chi connectivity index (χ2v) is 6.18. The third-order valence-electron chi connectivity index (χ3n) is 4.17. The lowest BCUT2D eigenvalue weighted by molar-refractivity contribution is 0.120. The Hall–Kier alpha value is -0.350. The molecule has 2 bridgehead atoms. The lowest BCUT2D eigenvalue weighted by Gasteiger charge is -2.37. The van der Waals surface area contributed by atoms with E-state index in [9.17, 15) is 0 Å². The van der Waals surface area contributed by atoms with Crippen LogP contribution in [0.15, 0.2) is 12.3 Å².